The van der Waals surface area contributed by atoms with Crippen molar-refractivity contribution in [3.63, 3.8) is 0 Å². The standard InChI is InChI=1S/C15H25N3O3/c1-2-18(10-6-9-16)14(21)17-12-15(11-13(19)20)7-4-3-5-8-15/h2-8,10-12H2,1H3,(H,17,21)(H,19,20). The minimum absolute atomic E-state index is 0.109. The Balaban J connectivity index is 2.57. The van der Waals surface area contributed by atoms with Crippen LogP contribution in [0.5, 0.6) is 0 Å². The van der Waals surface area contributed by atoms with Crippen molar-refractivity contribution in [2.45, 2.75) is 51.9 Å². The van der Waals surface area contributed by atoms with Crippen LogP contribution in [0, 0.1) is 16.7 Å². The van der Waals surface area contributed by atoms with Gasteiger partial charge in [0.15, 0.2) is 0 Å². The van der Waals surface area contributed by atoms with E-state index >= 15 is 0 Å². The number of carbonyl (C=O) groups is 2. The van der Waals surface area contributed by atoms with Gasteiger partial charge in [0.05, 0.1) is 18.9 Å². The van der Waals surface area contributed by atoms with Gasteiger partial charge in [-0.25, -0.2) is 4.79 Å². The fourth-order valence-electron chi connectivity index (χ4n) is 3.00. The topological polar surface area (TPSA) is 93.4 Å². The van der Waals surface area contributed by atoms with E-state index in [4.69, 9.17) is 10.4 Å². The van der Waals surface area contributed by atoms with E-state index in [-0.39, 0.29) is 17.9 Å². The summed E-state index contributed by atoms with van der Waals surface area (Å²) in [4.78, 5) is 24.8. The zero-order valence-corrected chi connectivity index (χ0v) is 12.7. The minimum Gasteiger partial charge on any atom is -0.481 e. The lowest BCUT2D eigenvalue weighted by Gasteiger charge is -2.36. The van der Waals surface area contributed by atoms with E-state index in [2.05, 4.69) is 5.32 Å². The first-order valence-electron chi connectivity index (χ1n) is 7.64. The zero-order valence-electron chi connectivity index (χ0n) is 12.7. The van der Waals surface area contributed by atoms with E-state index in [0.29, 0.717) is 26.1 Å². The molecule has 2 amide bonds. The molecule has 0 aliphatic heterocycles. The van der Waals surface area contributed by atoms with Crippen molar-refractivity contribution in [1.82, 2.24) is 10.2 Å². The quantitative estimate of drug-likeness (QED) is 0.754. The summed E-state index contributed by atoms with van der Waals surface area (Å²) in [5, 5.41) is 20.6. The number of carbonyl (C=O) groups excluding carboxylic acids is 1. The number of nitriles is 1. The van der Waals surface area contributed by atoms with Crippen molar-refractivity contribution in [1.29, 1.82) is 5.26 Å². The number of amides is 2. The maximum atomic E-state index is 12.1. The van der Waals surface area contributed by atoms with Crippen molar-refractivity contribution in [2.75, 3.05) is 19.6 Å². The van der Waals surface area contributed by atoms with Gasteiger partial charge < -0.3 is 15.3 Å². The lowest BCUT2D eigenvalue weighted by Crippen LogP contribution is -2.46. The van der Waals surface area contributed by atoms with E-state index in [1.54, 1.807) is 4.90 Å². The second-order valence-electron chi connectivity index (χ2n) is 5.78. The van der Waals surface area contributed by atoms with Crippen LogP contribution in [0.4, 0.5) is 4.79 Å². The van der Waals surface area contributed by atoms with E-state index in [9.17, 15) is 9.59 Å². The maximum absolute atomic E-state index is 12.1. The molecule has 0 aromatic carbocycles. The number of hydrogen-bond acceptors (Lipinski definition) is 3. The summed E-state index contributed by atoms with van der Waals surface area (Å²) in [5.41, 5.74) is -0.311. The van der Waals surface area contributed by atoms with Crippen LogP contribution in [0.25, 0.3) is 0 Å². The third kappa shape index (κ3) is 5.62. The summed E-state index contributed by atoms with van der Waals surface area (Å²) in [6.45, 7) is 3.22. The highest BCUT2D eigenvalue weighted by molar-refractivity contribution is 5.74. The van der Waals surface area contributed by atoms with E-state index in [1.165, 1.54) is 0 Å². The molecule has 0 unspecified atom stereocenters. The highest BCUT2D eigenvalue weighted by atomic mass is 16.4. The van der Waals surface area contributed by atoms with Crippen molar-refractivity contribution >= 4 is 12.0 Å². The van der Waals surface area contributed by atoms with Crippen LogP contribution >= 0.6 is 0 Å². The largest absolute Gasteiger partial charge is 0.481 e. The molecule has 0 atom stereocenters. The molecule has 2 N–H and O–H groups in total. The third-order valence-electron chi connectivity index (χ3n) is 4.22. The molecule has 1 aliphatic carbocycles. The number of aliphatic carboxylic acids is 1. The minimum atomic E-state index is -0.803. The van der Waals surface area contributed by atoms with E-state index in [0.717, 1.165) is 32.1 Å². The molecule has 0 bridgehead atoms. The average molecular weight is 295 g/mol. The zero-order chi connectivity index (χ0) is 15.7. The van der Waals surface area contributed by atoms with Gasteiger partial charge in [-0.2, -0.15) is 5.26 Å². The normalized spacial score (nSPS) is 16.8. The lowest BCUT2D eigenvalue weighted by atomic mass is 9.72. The molecule has 6 nitrogen and oxygen atoms in total. The van der Waals surface area contributed by atoms with Gasteiger partial charge in [0.25, 0.3) is 0 Å². The van der Waals surface area contributed by atoms with Gasteiger partial charge in [0.1, 0.15) is 0 Å². The van der Waals surface area contributed by atoms with Gasteiger partial charge in [-0.1, -0.05) is 19.3 Å². The van der Waals surface area contributed by atoms with E-state index < -0.39 is 5.97 Å². The second-order valence-corrected chi connectivity index (χ2v) is 5.78. The Morgan fingerprint density at radius 1 is 1.33 bits per heavy atom. The van der Waals surface area contributed by atoms with Crippen LogP contribution in [0.1, 0.15) is 51.9 Å². The Morgan fingerprint density at radius 2 is 2.00 bits per heavy atom. The molecule has 1 saturated carbocycles. The molecule has 0 heterocycles. The number of carboxylic acid groups (broad SMARTS) is 1. The number of rotatable bonds is 7. The average Bonchev–Trinajstić information content (AvgIpc) is 2.46. The summed E-state index contributed by atoms with van der Waals surface area (Å²) in [6, 6.07) is 1.82. The maximum Gasteiger partial charge on any atom is 0.317 e. The summed E-state index contributed by atoms with van der Waals surface area (Å²) >= 11 is 0. The number of nitrogens with zero attached hydrogens (tertiary/aromatic N) is 2. The summed E-state index contributed by atoms with van der Waals surface area (Å²) < 4.78 is 0. The van der Waals surface area contributed by atoms with Gasteiger partial charge >= 0.3 is 12.0 Å². The van der Waals surface area contributed by atoms with Gasteiger partial charge in [0, 0.05) is 19.6 Å². The van der Waals surface area contributed by atoms with Gasteiger partial charge in [-0.05, 0) is 25.2 Å². The molecule has 21 heavy (non-hydrogen) atoms. The van der Waals surface area contributed by atoms with E-state index in [1.807, 2.05) is 13.0 Å². The molecule has 118 valence electrons. The van der Waals surface area contributed by atoms with Crippen molar-refractivity contribution in [3.8, 4) is 6.07 Å². The third-order valence-corrected chi connectivity index (χ3v) is 4.22. The molecular weight excluding hydrogens is 270 g/mol. The predicted octanol–water partition coefficient (Wildman–Crippen LogP) is 2.36. The molecule has 1 rings (SSSR count). The van der Waals surface area contributed by atoms with Crippen LogP contribution in [0.2, 0.25) is 0 Å². The Bertz CT molecular complexity index is 397. The first kappa shape index (κ1) is 17.3. The summed E-state index contributed by atoms with van der Waals surface area (Å²) in [5.74, 6) is -0.803. The molecule has 0 aromatic rings. The molecule has 1 fully saturated rings. The summed E-state index contributed by atoms with van der Waals surface area (Å²) in [7, 11) is 0. The molecule has 6 heteroatoms. The predicted molar refractivity (Wildman–Crippen MR) is 78.6 cm³/mol. The first-order valence-corrected chi connectivity index (χ1v) is 7.64. The van der Waals surface area contributed by atoms with Crippen LogP contribution in [0.3, 0.4) is 0 Å². The van der Waals surface area contributed by atoms with Crippen molar-refractivity contribution in [2.24, 2.45) is 5.41 Å². The van der Waals surface area contributed by atoms with Crippen LogP contribution in [-0.4, -0.2) is 41.6 Å². The van der Waals surface area contributed by atoms with Crippen LogP contribution in [-0.2, 0) is 4.79 Å². The second kappa shape index (κ2) is 8.50. The SMILES string of the molecule is CCN(CCC#N)C(=O)NCC1(CC(=O)O)CCCCC1. The fraction of sp³-hybridized carbons (Fsp3) is 0.800. The smallest absolute Gasteiger partial charge is 0.317 e. The Morgan fingerprint density at radius 3 is 2.52 bits per heavy atom. The number of nitrogens with one attached hydrogen (secondary N) is 1. The Hall–Kier alpha value is -1.77. The number of urea groups is 1. The van der Waals surface area contributed by atoms with Crippen molar-refractivity contribution < 1.29 is 14.7 Å². The van der Waals surface area contributed by atoms with Gasteiger partial charge in [0.2, 0.25) is 0 Å². The van der Waals surface area contributed by atoms with Gasteiger partial charge in [-0.3, -0.25) is 4.79 Å². The monoisotopic (exact) mass is 295 g/mol. The molecule has 0 saturated heterocycles. The highest BCUT2D eigenvalue weighted by Crippen LogP contribution is 2.38. The first-order chi connectivity index (χ1) is 10.0. The highest BCUT2D eigenvalue weighted by Gasteiger charge is 2.35. The Labute approximate surface area is 126 Å². The molecule has 0 aromatic heterocycles. The summed E-state index contributed by atoms with van der Waals surface area (Å²) in [6.07, 6.45) is 5.30. The molecule has 1 aliphatic rings. The number of carboxylic acids is 1. The lowest BCUT2D eigenvalue weighted by molar-refractivity contribution is -0.140. The molecule has 0 radical (unpaired) electrons. The van der Waals surface area contributed by atoms with Gasteiger partial charge in [-0.15, -0.1) is 0 Å². The Kier molecular flexibility index (Phi) is 7.00. The number of hydrogen-bond donors (Lipinski definition) is 2. The fourth-order valence-corrected chi connectivity index (χ4v) is 3.00. The van der Waals surface area contributed by atoms with Crippen LogP contribution in [0.15, 0.2) is 0 Å². The van der Waals surface area contributed by atoms with Crippen molar-refractivity contribution in [3.05, 3.63) is 0 Å². The molecular formula is C15H25N3O3. The molecule has 0 spiro atoms. The van der Waals surface area contributed by atoms with Crippen LogP contribution < -0.4 is 5.32 Å².